The lowest BCUT2D eigenvalue weighted by Crippen LogP contribution is -2.28. The number of nitrogens with zero attached hydrogens (tertiary/aromatic N) is 1. The molecule has 152 valence electrons. The standard InChI is InChI=1S/C18H21FN2O5S2/c1-26-18-9-8-15(28(24,25)21-10-4-5-11-21)12-17(18)20-27(22,23)13-14-6-2-3-7-16(14)19/h2-3,6-9,12,20H,4-5,10-11,13H2,1H3. The molecule has 28 heavy (non-hydrogen) atoms. The molecule has 0 aliphatic carbocycles. The summed E-state index contributed by atoms with van der Waals surface area (Å²) in [6.45, 7) is 0.866. The Morgan fingerprint density at radius 1 is 1.07 bits per heavy atom. The molecule has 0 bridgehead atoms. The Labute approximate surface area is 164 Å². The van der Waals surface area contributed by atoms with Crippen LogP contribution in [0.15, 0.2) is 47.4 Å². The second kappa shape index (κ2) is 8.06. The zero-order valence-corrected chi connectivity index (χ0v) is 16.9. The van der Waals surface area contributed by atoms with Gasteiger partial charge < -0.3 is 4.74 Å². The number of benzene rings is 2. The second-order valence-corrected chi connectivity index (χ2v) is 10.1. The van der Waals surface area contributed by atoms with E-state index in [9.17, 15) is 21.2 Å². The summed E-state index contributed by atoms with van der Waals surface area (Å²) in [4.78, 5) is -0.0289. The minimum atomic E-state index is -4.00. The van der Waals surface area contributed by atoms with Gasteiger partial charge in [-0.25, -0.2) is 21.2 Å². The summed E-state index contributed by atoms with van der Waals surface area (Å²) in [7, 11) is -6.38. The van der Waals surface area contributed by atoms with E-state index in [-0.39, 0.29) is 21.9 Å². The predicted octanol–water partition coefficient (Wildman–Crippen LogP) is 2.56. The summed E-state index contributed by atoms with van der Waals surface area (Å²) in [6.07, 6.45) is 1.58. The molecule has 1 heterocycles. The fourth-order valence-corrected chi connectivity index (χ4v) is 5.78. The van der Waals surface area contributed by atoms with E-state index in [0.29, 0.717) is 13.1 Å². The fourth-order valence-electron chi connectivity index (χ4n) is 3.03. The molecule has 0 spiro atoms. The molecule has 0 atom stereocenters. The van der Waals surface area contributed by atoms with E-state index in [4.69, 9.17) is 4.74 Å². The molecule has 10 heteroatoms. The molecule has 0 saturated carbocycles. The molecule has 1 saturated heterocycles. The van der Waals surface area contributed by atoms with Gasteiger partial charge in [-0.3, -0.25) is 4.72 Å². The maximum absolute atomic E-state index is 13.8. The summed E-state index contributed by atoms with van der Waals surface area (Å²) in [5.74, 6) is -1.06. The number of hydrogen-bond donors (Lipinski definition) is 1. The van der Waals surface area contributed by atoms with Crippen molar-refractivity contribution < 1.29 is 26.0 Å². The summed E-state index contributed by atoms with van der Waals surface area (Å²) >= 11 is 0. The van der Waals surface area contributed by atoms with Crippen LogP contribution in [-0.4, -0.2) is 41.3 Å². The molecule has 0 amide bonds. The number of ether oxygens (including phenoxy) is 1. The summed E-state index contributed by atoms with van der Waals surface area (Å²) in [5.41, 5.74) is -0.00563. The molecule has 3 rings (SSSR count). The Morgan fingerprint density at radius 2 is 1.75 bits per heavy atom. The molecular weight excluding hydrogens is 407 g/mol. The van der Waals surface area contributed by atoms with Crippen molar-refractivity contribution in [3.63, 3.8) is 0 Å². The normalized spacial score (nSPS) is 15.5. The average molecular weight is 429 g/mol. The van der Waals surface area contributed by atoms with Gasteiger partial charge in [-0.2, -0.15) is 4.31 Å². The maximum Gasteiger partial charge on any atom is 0.243 e. The monoisotopic (exact) mass is 428 g/mol. The average Bonchev–Trinajstić information content (AvgIpc) is 3.18. The third kappa shape index (κ3) is 4.45. The van der Waals surface area contributed by atoms with Gasteiger partial charge in [0.1, 0.15) is 11.6 Å². The molecule has 0 radical (unpaired) electrons. The molecule has 7 nitrogen and oxygen atoms in total. The van der Waals surface area contributed by atoms with E-state index in [0.717, 1.165) is 12.8 Å². The highest BCUT2D eigenvalue weighted by Gasteiger charge is 2.28. The number of sulfonamides is 2. The predicted molar refractivity (Wildman–Crippen MR) is 104 cm³/mol. The molecular formula is C18H21FN2O5S2. The Hall–Kier alpha value is -2.17. The van der Waals surface area contributed by atoms with Crippen molar-refractivity contribution in [3.05, 3.63) is 53.8 Å². The smallest absolute Gasteiger partial charge is 0.243 e. The van der Waals surface area contributed by atoms with Gasteiger partial charge in [0, 0.05) is 18.7 Å². The van der Waals surface area contributed by atoms with Crippen molar-refractivity contribution in [3.8, 4) is 5.75 Å². The third-order valence-corrected chi connectivity index (χ3v) is 7.56. The van der Waals surface area contributed by atoms with Crippen LogP contribution >= 0.6 is 0 Å². The maximum atomic E-state index is 13.8. The minimum Gasteiger partial charge on any atom is -0.495 e. The van der Waals surface area contributed by atoms with Crippen LogP contribution in [0.5, 0.6) is 5.75 Å². The third-order valence-electron chi connectivity index (χ3n) is 4.44. The SMILES string of the molecule is COc1ccc(S(=O)(=O)N2CCCC2)cc1NS(=O)(=O)Cc1ccccc1F. The first-order valence-corrected chi connectivity index (χ1v) is 11.7. The highest BCUT2D eigenvalue weighted by molar-refractivity contribution is 7.92. The van der Waals surface area contributed by atoms with E-state index >= 15 is 0 Å². The summed E-state index contributed by atoms with van der Waals surface area (Å²) in [6, 6.07) is 9.55. The Balaban J connectivity index is 1.91. The largest absolute Gasteiger partial charge is 0.495 e. The van der Waals surface area contributed by atoms with Crippen LogP contribution in [-0.2, 0) is 25.8 Å². The van der Waals surface area contributed by atoms with E-state index in [1.54, 1.807) is 0 Å². The topological polar surface area (TPSA) is 92.8 Å². The lowest BCUT2D eigenvalue weighted by atomic mass is 10.2. The lowest BCUT2D eigenvalue weighted by Gasteiger charge is -2.18. The fraction of sp³-hybridized carbons (Fsp3) is 0.333. The highest BCUT2D eigenvalue weighted by atomic mass is 32.2. The number of halogens is 1. The van der Waals surface area contributed by atoms with Crippen molar-refractivity contribution in [2.75, 3.05) is 24.9 Å². The zero-order chi connectivity index (χ0) is 20.4. The van der Waals surface area contributed by atoms with Gasteiger partial charge in [0.25, 0.3) is 0 Å². The summed E-state index contributed by atoms with van der Waals surface area (Å²) in [5, 5.41) is 0. The zero-order valence-electron chi connectivity index (χ0n) is 15.3. The first-order valence-electron chi connectivity index (χ1n) is 8.65. The summed E-state index contributed by atoms with van der Waals surface area (Å²) < 4.78 is 73.1. The van der Waals surface area contributed by atoms with Crippen LogP contribution in [0.2, 0.25) is 0 Å². The van der Waals surface area contributed by atoms with Gasteiger partial charge in [-0.05, 0) is 37.1 Å². The van der Waals surface area contributed by atoms with Crippen molar-refractivity contribution >= 4 is 25.7 Å². The first kappa shape index (κ1) is 20.6. The highest BCUT2D eigenvalue weighted by Crippen LogP contribution is 2.31. The minimum absolute atomic E-state index is 0.00908. The van der Waals surface area contributed by atoms with Gasteiger partial charge in [0.15, 0.2) is 0 Å². The van der Waals surface area contributed by atoms with Crippen LogP contribution in [0, 0.1) is 5.82 Å². The van der Waals surface area contributed by atoms with Gasteiger partial charge >= 0.3 is 0 Å². The molecule has 1 fully saturated rings. The van der Waals surface area contributed by atoms with Crippen LogP contribution < -0.4 is 9.46 Å². The molecule has 0 unspecified atom stereocenters. The molecule has 0 aromatic heterocycles. The molecule has 1 aliphatic rings. The molecule has 1 N–H and O–H groups in total. The van der Waals surface area contributed by atoms with E-state index in [1.165, 1.54) is 53.9 Å². The molecule has 2 aromatic carbocycles. The molecule has 2 aromatic rings. The van der Waals surface area contributed by atoms with Crippen LogP contribution in [0.4, 0.5) is 10.1 Å². The van der Waals surface area contributed by atoms with E-state index in [1.807, 2.05) is 0 Å². The van der Waals surface area contributed by atoms with Crippen molar-refractivity contribution in [1.29, 1.82) is 0 Å². The second-order valence-electron chi connectivity index (χ2n) is 6.43. The van der Waals surface area contributed by atoms with Gasteiger partial charge in [-0.1, -0.05) is 18.2 Å². The van der Waals surface area contributed by atoms with Gasteiger partial charge in [0.05, 0.1) is 23.4 Å². The Bertz CT molecular complexity index is 1070. The number of rotatable bonds is 7. The lowest BCUT2D eigenvalue weighted by molar-refractivity contribution is 0.416. The van der Waals surface area contributed by atoms with Crippen LogP contribution in [0.1, 0.15) is 18.4 Å². The van der Waals surface area contributed by atoms with Crippen LogP contribution in [0.3, 0.4) is 0 Å². The van der Waals surface area contributed by atoms with Gasteiger partial charge in [0.2, 0.25) is 20.0 Å². The van der Waals surface area contributed by atoms with Crippen LogP contribution in [0.25, 0.3) is 0 Å². The number of nitrogens with one attached hydrogen (secondary N) is 1. The van der Waals surface area contributed by atoms with E-state index < -0.39 is 31.6 Å². The van der Waals surface area contributed by atoms with Crippen molar-refractivity contribution in [2.45, 2.75) is 23.5 Å². The Kier molecular flexibility index (Phi) is 5.92. The van der Waals surface area contributed by atoms with E-state index in [2.05, 4.69) is 4.72 Å². The number of methoxy groups -OCH3 is 1. The number of hydrogen-bond acceptors (Lipinski definition) is 5. The Morgan fingerprint density at radius 3 is 2.39 bits per heavy atom. The van der Waals surface area contributed by atoms with Crippen molar-refractivity contribution in [2.24, 2.45) is 0 Å². The van der Waals surface area contributed by atoms with Crippen molar-refractivity contribution in [1.82, 2.24) is 4.31 Å². The number of anilines is 1. The first-order chi connectivity index (χ1) is 13.2. The van der Waals surface area contributed by atoms with Gasteiger partial charge in [-0.15, -0.1) is 0 Å². The molecule has 1 aliphatic heterocycles. The quantitative estimate of drug-likeness (QED) is 0.732.